The molecule has 4 rings (SSSR count). The monoisotopic (exact) mass is 366 g/mol. The molecule has 1 aliphatic heterocycles. The van der Waals surface area contributed by atoms with Gasteiger partial charge >= 0.3 is 0 Å². The van der Waals surface area contributed by atoms with Crippen LogP contribution in [0.4, 0.5) is 4.39 Å². The van der Waals surface area contributed by atoms with Crippen molar-refractivity contribution in [3.8, 4) is 5.75 Å². The molecule has 0 spiro atoms. The number of halogens is 2. The van der Waals surface area contributed by atoms with Gasteiger partial charge in [-0.25, -0.2) is 4.39 Å². The Bertz CT molecular complexity index is 1010. The molecule has 2 aromatic heterocycles. The molecule has 0 saturated heterocycles. The number of aromatic nitrogens is 1. The van der Waals surface area contributed by atoms with Gasteiger partial charge in [-0.1, -0.05) is 6.08 Å². The highest BCUT2D eigenvalue weighted by atomic mass is 35.5. The SMILES string of the molecule is COc1cc(F)c2[nH]c(=O)c3sccc3c2c1C1=CCNCC1.Cl. The van der Waals surface area contributed by atoms with E-state index in [0.29, 0.717) is 10.4 Å². The quantitative estimate of drug-likeness (QED) is 0.727. The van der Waals surface area contributed by atoms with E-state index in [0.717, 1.165) is 41.4 Å². The van der Waals surface area contributed by atoms with Gasteiger partial charge in [0.1, 0.15) is 10.4 Å². The minimum atomic E-state index is -0.472. The fourth-order valence-electron chi connectivity index (χ4n) is 3.20. The number of nitrogens with one attached hydrogen (secondary N) is 2. The standard InChI is InChI=1S/C17H15FN2O2S.ClH/c1-22-12-8-11(18)15-14(13(12)9-2-5-19-6-3-9)10-4-7-23-16(10)17(21)20-15;/h2,4,7-8,19H,3,5-6H2,1H3,(H,20,21);1H. The third-order valence-corrected chi connectivity index (χ3v) is 5.14. The van der Waals surface area contributed by atoms with Crippen molar-refractivity contribution < 1.29 is 9.13 Å². The molecule has 3 heterocycles. The number of pyridine rings is 1. The number of hydrogen-bond donors (Lipinski definition) is 2. The van der Waals surface area contributed by atoms with E-state index in [4.69, 9.17) is 4.74 Å². The zero-order chi connectivity index (χ0) is 16.0. The highest BCUT2D eigenvalue weighted by Gasteiger charge is 2.21. The molecule has 2 N–H and O–H groups in total. The predicted octanol–water partition coefficient (Wildman–Crippen LogP) is 3.69. The molecule has 0 radical (unpaired) electrons. The number of thiophene rings is 1. The van der Waals surface area contributed by atoms with Crippen molar-refractivity contribution in [1.29, 1.82) is 0 Å². The van der Waals surface area contributed by atoms with Gasteiger partial charge in [-0.15, -0.1) is 23.7 Å². The van der Waals surface area contributed by atoms with Crippen LogP contribution in [0.5, 0.6) is 5.75 Å². The van der Waals surface area contributed by atoms with Gasteiger partial charge in [0.05, 0.1) is 12.6 Å². The molecule has 126 valence electrons. The van der Waals surface area contributed by atoms with E-state index < -0.39 is 5.82 Å². The summed E-state index contributed by atoms with van der Waals surface area (Å²) in [7, 11) is 1.54. The smallest absolute Gasteiger partial charge is 0.266 e. The number of benzene rings is 1. The first-order valence-corrected chi connectivity index (χ1v) is 8.28. The van der Waals surface area contributed by atoms with E-state index in [1.165, 1.54) is 17.4 Å². The third-order valence-electron chi connectivity index (χ3n) is 4.23. The summed E-state index contributed by atoms with van der Waals surface area (Å²) in [5.74, 6) is 0.0306. The fourth-order valence-corrected chi connectivity index (χ4v) is 4.00. The van der Waals surface area contributed by atoms with Crippen molar-refractivity contribution in [3.63, 3.8) is 0 Å². The number of rotatable bonds is 2. The molecular weight excluding hydrogens is 351 g/mol. The van der Waals surface area contributed by atoms with E-state index in [9.17, 15) is 9.18 Å². The van der Waals surface area contributed by atoms with Crippen molar-refractivity contribution in [3.05, 3.63) is 45.3 Å². The maximum absolute atomic E-state index is 14.5. The van der Waals surface area contributed by atoms with Crippen molar-refractivity contribution in [2.24, 2.45) is 0 Å². The summed E-state index contributed by atoms with van der Waals surface area (Å²) < 4.78 is 20.6. The Kier molecular flexibility index (Phi) is 4.62. The van der Waals surface area contributed by atoms with Gasteiger partial charge in [-0.3, -0.25) is 4.79 Å². The summed E-state index contributed by atoms with van der Waals surface area (Å²) in [6.45, 7) is 1.64. The Morgan fingerprint density at radius 2 is 2.21 bits per heavy atom. The molecule has 0 amide bonds. The molecule has 1 aromatic carbocycles. The molecular formula is C17H16ClFN2O2S. The first kappa shape index (κ1) is 17.0. The highest BCUT2D eigenvalue weighted by molar-refractivity contribution is 7.17. The average Bonchev–Trinajstić information content (AvgIpc) is 3.06. The molecule has 4 nitrogen and oxygen atoms in total. The fraction of sp³-hybridized carbons (Fsp3) is 0.235. The van der Waals surface area contributed by atoms with Crippen LogP contribution in [0.25, 0.3) is 26.6 Å². The van der Waals surface area contributed by atoms with Gasteiger partial charge in [0.25, 0.3) is 5.56 Å². The lowest BCUT2D eigenvalue weighted by Gasteiger charge is -2.19. The van der Waals surface area contributed by atoms with E-state index in [-0.39, 0.29) is 23.5 Å². The lowest BCUT2D eigenvalue weighted by molar-refractivity contribution is 0.411. The van der Waals surface area contributed by atoms with Crippen LogP contribution in [0.2, 0.25) is 0 Å². The number of aromatic amines is 1. The van der Waals surface area contributed by atoms with Crippen molar-refractivity contribution in [1.82, 2.24) is 10.3 Å². The minimum absolute atomic E-state index is 0. The number of H-pyrrole nitrogens is 1. The normalized spacial score (nSPS) is 14.5. The average molecular weight is 367 g/mol. The summed E-state index contributed by atoms with van der Waals surface area (Å²) in [6, 6.07) is 3.23. The summed E-state index contributed by atoms with van der Waals surface area (Å²) in [6.07, 6.45) is 2.93. The van der Waals surface area contributed by atoms with Crippen LogP contribution in [0, 0.1) is 5.82 Å². The van der Waals surface area contributed by atoms with Crippen LogP contribution in [-0.2, 0) is 0 Å². The largest absolute Gasteiger partial charge is 0.496 e. The van der Waals surface area contributed by atoms with Crippen LogP contribution in [-0.4, -0.2) is 25.2 Å². The number of hydrogen-bond acceptors (Lipinski definition) is 4. The summed E-state index contributed by atoms with van der Waals surface area (Å²) in [4.78, 5) is 14.9. The van der Waals surface area contributed by atoms with Gasteiger partial charge in [-0.05, 0) is 30.0 Å². The minimum Gasteiger partial charge on any atom is -0.496 e. The number of methoxy groups -OCH3 is 1. The Hall–Kier alpha value is -1.89. The Morgan fingerprint density at radius 1 is 1.38 bits per heavy atom. The zero-order valence-electron chi connectivity index (χ0n) is 12.9. The van der Waals surface area contributed by atoms with Crippen LogP contribution < -0.4 is 15.6 Å². The highest BCUT2D eigenvalue weighted by Crippen LogP contribution is 2.40. The molecule has 3 aromatic rings. The second kappa shape index (κ2) is 6.55. The van der Waals surface area contributed by atoms with E-state index in [1.807, 2.05) is 11.4 Å². The molecule has 0 saturated carbocycles. The van der Waals surface area contributed by atoms with Crippen molar-refractivity contribution >= 4 is 50.3 Å². The maximum atomic E-state index is 14.5. The van der Waals surface area contributed by atoms with Crippen LogP contribution in [0.1, 0.15) is 12.0 Å². The van der Waals surface area contributed by atoms with E-state index in [1.54, 1.807) is 7.11 Å². The second-order valence-electron chi connectivity index (χ2n) is 5.49. The Morgan fingerprint density at radius 3 is 2.92 bits per heavy atom. The molecule has 0 atom stereocenters. The second-order valence-corrected chi connectivity index (χ2v) is 6.40. The van der Waals surface area contributed by atoms with Gasteiger partial charge in [0.15, 0.2) is 5.82 Å². The lowest BCUT2D eigenvalue weighted by Crippen LogP contribution is -2.20. The molecule has 0 bridgehead atoms. The lowest BCUT2D eigenvalue weighted by atomic mass is 9.93. The number of ether oxygens (including phenoxy) is 1. The van der Waals surface area contributed by atoms with Gasteiger partial charge < -0.3 is 15.0 Å². The first-order chi connectivity index (χ1) is 11.2. The predicted molar refractivity (Wildman–Crippen MR) is 99.2 cm³/mol. The zero-order valence-corrected chi connectivity index (χ0v) is 14.6. The van der Waals surface area contributed by atoms with Crippen LogP contribution in [0.3, 0.4) is 0 Å². The van der Waals surface area contributed by atoms with Crippen LogP contribution in [0.15, 0.2) is 28.4 Å². The summed E-state index contributed by atoms with van der Waals surface area (Å²) >= 11 is 1.36. The van der Waals surface area contributed by atoms with E-state index >= 15 is 0 Å². The molecule has 0 aliphatic carbocycles. The Labute approximate surface area is 147 Å². The Balaban J connectivity index is 0.00000169. The molecule has 24 heavy (non-hydrogen) atoms. The molecule has 0 unspecified atom stereocenters. The maximum Gasteiger partial charge on any atom is 0.266 e. The van der Waals surface area contributed by atoms with Gasteiger partial charge in [0, 0.05) is 28.9 Å². The summed E-state index contributed by atoms with van der Waals surface area (Å²) in [5.41, 5.74) is 1.99. The van der Waals surface area contributed by atoms with Gasteiger partial charge in [-0.2, -0.15) is 0 Å². The number of fused-ring (bicyclic) bond motifs is 3. The van der Waals surface area contributed by atoms with Crippen molar-refractivity contribution in [2.75, 3.05) is 20.2 Å². The van der Waals surface area contributed by atoms with Gasteiger partial charge in [0.2, 0.25) is 0 Å². The van der Waals surface area contributed by atoms with Crippen LogP contribution >= 0.6 is 23.7 Å². The van der Waals surface area contributed by atoms with E-state index in [2.05, 4.69) is 16.4 Å². The molecule has 7 heteroatoms. The molecule has 1 aliphatic rings. The molecule has 0 fully saturated rings. The summed E-state index contributed by atoms with van der Waals surface area (Å²) in [5, 5.41) is 6.64. The van der Waals surface area contributed by atoms with Crippen molar-refractivity contribution in [2.45, 2.75) is 6.42 Å². The first-order valence-electron chi connectivity index (χ1n) is 7.40. The third kappa shape index (κ3) is 2.51. The topological polar surface area (TPSA) is 54.1 Å².